The van der Waals surface area contributed by atoms with E-state index in [2.05, 4.69) is 28.8 Å². The van der Waals surface area contributed by atoms with E-state index in [1.165, 1.54) is 12.3 Å². The fourth-order valence-corrected chi connectivity index (χ4v) is 1.20. The second kappa shape index (κ2) is 3.09. The standard InChI is InChI=1S/C9H8N4O2/c1-5-6(2)12-9-8(11-5)3-7(4-10-9)13(14)15/h3-4,11H,1-2H2,(H,10,12). The van der Waals surface area contributed by atoms with Crippen molar-refractivity contribution >= 4 is 17.2 Å². The van der Waals surface area contributed by atoms with Crippen molar-refractivity contribution in [3.8, 4) is 0 Å². The largest absolute Gasteiger partial charge is 0.351 e. The monoisotopic (exact) mass is 204 g/mol. The number of anilines is 2. The molecule has 0 aromatic carbocycles. The molecule has 2 heterocycles. The maximum absolute atomic E-state index is 10.5. The molecule has 1 aliphatic rings. The number of nitrogens with one attached hydrogen (secondary N) is 2. The van der Waals surface area contributed by atoms with Gasteiger partial charge in [0.25, 0.3) is 5.69 Å². The first-order valence-electron chi connectivity index (χ1n) is 4.14. The topological polar surface area (TPSA) is 80.1 Å². The summed E-state index contributed by atoms with van der Waals surface area (Å²) < 4.78 is 0. The summed E-state index contributed by atoms with van der Waals surface area (Å²) in [7, 11) is 0. The van der Waals surface area contributed by atoms with Gasteiger partial charge in [0.15, 0.2) is 5.82 Å². The third kappa shape index (κ3) is 1.52. The minimum Gasteiger partial charge on any atom is -0.351 e. The van der Waals surface area contributed by atoms with Gasteiger partial charge in [-0.2, -0.15) is 0 Å². The van der Waals surface area contributed by atoms with Crippen LogP contribution in [-0.2, 0) is 0 Å². The molecule has 1 aliphatic heterocycles. The Labute approximate surface area is 85.5 Å². The molecular weight excluding hydrogens is 196 g/mol. The summed E-state index contributed by atoms with van der Waals surface area (Å²) in [6, 6.07) is 1.40. The minimum atomic E-state index is -0.499. The van der Waals surface area contributed by atoms with E-state index in [1.807, 2.05) is 0 Å². The summed E-state index contributed by atoms with van der Waals surface area (Å²) in [6.07, 6.45) is 1.19. The van der Waals surface area contributed by atoms with E-state index in [0.29, 0.717) is 22.9 Å². The third-order valence-electron chi connectivity index (χ3n) is 2.00. The molecule has 0 bridgehead atoms. The van der Waals surface area contributed by atoms with Crippen molar-refractivity contribution < 1.29 is 4.92 Å². The highest BCUT2D eigenvalue weighted by atomic mass is 16.6. The summed E-state index contributed by atoms with van der Waals surface area (Å²) in [5.74, 6) is 0.512. The van der Waals surface area contributed by atoms with Crippen molar-refractivity contribution in [3.63, 3.8) is 0 Å². The highest BCUT2D eigenvalue weighted by Gasteiger charge is 2.18. The molecule has 0 saturated carbocycles. The molecule has 15 heavy (non-hydrogen) atoms. The van der Waals surface area contributed by atoms with E-state index in [9.17, 15) is 10.1 Å². The van der Waals surface area contributed by atoms with Crippen LogP contribution in [0.2, 0.25) is 0 Å². The van der Waals surface area contributed by atoms with Crippen LogP contribution in [0.5, 0.6) is 0 Å². The fourth-order valence-electron chi connectivity index (χ4n) is 1.20. The Kier molecular flexibility index (Phi) is 1.89. The van der Waals surface area contributed by atoms with Crippen molar-refractivity contribution in [3.05, 3.63) is 46.9 Å². The second-order valence-electron chi connectivity index (χ2n) is 3.05. The molecule has 2 N–H and O–H groups in total. The number of aromatic nitrogens is 1. The van der Waals surface area contributed by atoms with Crippen LogP contribution in [0.3, 0.4) is 0 Å². The Balaban J connectivity index is 2.46. The lowest BCUT2D eigenvalue weighted by molar-refractivity contribution is -0.385. The molecule has 0 radical (unpaired) electrons. The first-order valence-corrected chi connectivity index (χ1v) is 4.14. The molecule has 1 aromatic rings. The summed E-state index contributed by atoms with van der Waals surface area (Å²) in [4.78, 5) is 13.9. The smallest absolute Gasteiger partial charge is 0.289 e. The van der Waals surface area contributed by atoms with Gasteiger partial charge in [0, 0.05) is 6.07 Å². The van der Waals surface area contributed by atoms with Gasteiger partial charge in [-0.05, 0) is 0 Å². The van der Waals surface area contributed by atoms with E-state index in [1.54, 1.807) is 0 Å². The average Bonchev–Trinajstić information content (AvgIpc) is 2.19. The van der Waals surface area contributed by atoms with Crippen LogP contribution in [-0.4, -0.2) is 9.91 Å². The van der Waals surface area contributed by atoms with E-state index >= 15 is 0 Å². The van der Waals surface area contributed by atoms with Gasteiger partial charge in [0.1, 0.15) is 6.20 Å². The highest BCUT2D eigenvalue weighted by Crippen LogP contribution is 2.31. The van der Waals surface area contributed by atoms with Crippen LogP contribution >= 0.6 is 0 Å². The maximum Gasteiger partial charge on any atom is 0.289 e. The maximum atomic E-state index is 10.5. The van der Waals surface area contributed by atoms with Crippen LogP contribution < -0.4 is 10.6 Å². The molecule has 6 nitrogen and oxygen atoms in total. The van der Waals surface area contributed by atoms with Crippen molar-refractivity contribution in [1.82, 2.24) is 4.98 Å². The van der Waals surface area contributed by atoms with Crippen LogP contribution in [0, 0.1) is 10.1 Å². The van der Waals surface area contributed by atoms with Crippen molar-refractivity contribution in [2.45, 2.75) is 0 Å². The highest BCUT2D eigenvalue weighted by molar-refractivity contribution is 5.76. The molecular formula is C9H8N4O2. The Morgan fingerprint density at radius 2 is 2.00 bits per heavy atom. The van der Waals surface area contributed by atoms with Crippen LogP contribution in [0.1, 0.15) is 0 Å². The molecule has 0 fully saturated rings. The van der Waals surface area contributed by atoms with Crippen LogP contribution in [0.25, 0.3) is 0 Å². The number of nitro groups is 1. The van der Waals surface area contributed by atoms with E-state index < -0.39 is 4.92 Å². The molecule has 0 saturated heterocycles. The van der Waals surface area contributed by atoms with Gasteiger partial charge in [-0.1, -0.05) is 13.2 Å². The number of rotatable bonds is 1. The lowest BCUT2D eigenvalue weighted by atomic mass is 10.2. The van der Waals surface area contributed by atoms with Gasteiger partial charge in [-0.25, -0.2) is 4.98 Å². The Morgan fingerprint density at radius 1 is 1.33 bits per heavy atom. The van der Waals surface area contributed by atoms with E-state index in [0.717, 1.165) is 0 Å². The van der Waals surface area contributed by atoms with Gasteiger partial charge in [0.2, 0.25) is 0 Å². The van der Waals surface area contributed by atoms with Crippen molar-refractivity contribution in [2.75, 3.05) is 10.6 Å². The summed E-state index contributed by atoms with van der Waals surface area (Å²) in [5, 5.41) is 16.3. The van der Waals surface area contributed by atoms with E-state index in [4.69, 9.17) is 0 Å². The molecule has 76 valence electrons. The quantitative estimate of drug-likeness (QED) is 0.539. The number of fused-ring (bicyclic) bond motifs is 1. The predicted octanol–water partition coefficient (Wildman–Crippen LogP) is 1.85. The zero-order valence-electron chi connectivity index (χ0n) is 7.78. The van der Waals surface area contributed by atoms with Gasteiger partial charge in [-0.15, -0.1) is 0 Å². The van der Waals surface area contributed by atoms with Crippen LogP contribution in [0.4, 0.5) is 17.2 Å². The first kappa shape index (κ1) is 9.20. The number of nitrogens with zero attached hydrogens (tertiary/aromatic N) is 2. The molecule has 0 unspecified atom stereocenters. The number of pyridine rings is 1. The molecule has 2 rings (SSSR count). The van der Waals surface area contributed by atoms with Gasteiger partial charge in [-0.3, -0.25) is 10.1 Å². The fraction of sp³-hybridized carbons (Fsp3) is 0. The van der Waals surface area contributed by atoms with Gasteiger partial charge < -0.3 is 10.6 Å². The van der Waals surface area contributed by atoms with Gasteiger partial charge >= 0.3 is 0 Å². The van der Waals surface area contributed by atoms with Gasteiger partial charge in [0.05, 0.1) is 22.0 Å². The molecule has 0 amide bonds. The lowest BCUT2D eigenvalue weighted by Gasteiger charge is -2.21. The third-order valence-corrected chi connectivity index (χ3v) is 2.00. The van der Waals surface area contributed by atoms with E-state index in [-0.39, 0.29) is 5.69 Å². The Hall–Kier alpha value is -2.37. The molecule has 0 aliphatic carbocycles. The van der Waals surface area contributed by atoms with Crippen molar-refractivity contribution in [1.29, 1.82) is 0 Å². The second-order valence-corrected chi connectivity index (χ2v) is 3.05. The molecule has 1 aromatic heterocycles. The predicted molar refractivity (Wildman–Crippen MR) is 56.4 cm³/mol. The average molecular weight is 204 g/mol. The summed E-state index contributed by atoms with van der Waals surface area (Å²) in [6.45, 7) is 7.40. The summed E-state index contributed by atoms with van der Waals surface area (Å²) >= 11 is 0. The molecule has 6 heteroatoms. The number of hydrogen-bond acceptors (Lipinski definition) is 5. The lowest BCUT2D eigenvalue weighted by Crippen LogP contribution is -2.16. The molecule has 0 atom stereocenters. The van der Waals surface area contributed by atoms with Crippen molar-refractivity contribution in [2.24, 2.45) is 0 Å². The van der Waals surface area contributed by atoms with Crippen LogP contribution in [0.15, 0.2) is 36.8 Å². The molecule has 0 spiro atoms. The minimum absolute atomic E-state index is 0.0663. The SMILES string of the molecule is C=C1Nc2cc([N+](=O)[O-])cnc2NC1=C. The Bertz CT molecular complexity index is 481. The Morgan fingerprint density at radius 3 is 2.67 bits per heavy atom. The zero-order chi connectivity index (χ0) is 11.0. The normalized spacial score (nSPS) is 13.9. The number of hydrogen-bond donors (Lipinski definition) is 2. The summed E-state index contributed by atoms with van der Waals surface area (Å²) in [5.41, 5.74) is 1.64. The first-order chi connectivity index (χ1) is 7.08. The zero-order valence-corrected chi connectivity index (χ0v) is 7.78.